The number of hydrogen-bond acceptors (Lipinski definition) is 7. The van der Waals surface area contributed by atoms with Crippen molar-refractivity contribution < 1.29 is 4.79 Å². The third-order valence-corrected chi connectivity index (χ3v) is 7.94. The number of aliphatic imine (C=N–C) groups is 1. The number of amides is 1. The molecule has 4 heterocycles. The van der Waals surface area contributed by atoms with Crippen molar-refractivity contribution in [3.05, 3.63) is 77.2 Å². The molecule has 0 aliphatic carbocycles. The molecule has 1 atom stereocenters. The minimum atomic E-state index is 0.0742. The fourth-order valence-electron chi connectivity index (χ4n) is 5.54. The Bertz CT molecular complexity index is 1400. The number of halogens is 1. The third-order valence-electron chi connectivity index (χ3n) is 7.66. The molecule has 6 bridgehead atoms. The number of aryl methyl sites for hydroxylation is 1. The molecule has 1 fully saturated rings. The third kappa shape index (κ3) is 6.23. The molecule has 2 aromatic carbocycles. The molecule has 6 rings (SSSR count). The second kappa shape index (κ2) is 11.5. The van der Waals surface area contributed by atoms with E-state index in [2.05, 4.69) is 66.1 Å². The smallest absolute Gasteiger partial charge is 0.229 e. The van der Waals surface area contributed by atoms with Gasteiger partial charge in [0.2, 0.25) is 11.9 Å². The normalized spacial score (nSPS) is 18.9. The van der Waals surface area contributed by atoms with Gasteiger partial charge in [-0.15, -0.1) is 0 Å². The van der Waals surface area contributed by atoms with Crippen LogP contribution in [0.25, 0.3) is 0 Å². The van der Waals surface area contributed by atoms with Gasteiger partial charge in [0.25, 0.3) is 0 Å². The topological polar surface area (TPSA) is 94.5 Å². The van der Waals surface area contributed by atoms with E-state index in [-0.39, 0.29) is 11.8 Å². The second-order valence-corrected chi connectivity index (χ2v) is 10.9. The number of aromatic nitrogens is 2. The molecule has 0 radical (unpaired) electrons. The van der Waals surface area contributed by atoms with Crippen molar-refractivity contribution in [2.45, 2.75) is 38.5 Å². The Morgan fingerprint density at radius 1 is 1.08 bits per heavy atom. The summed E-state index contributed by atoms with van der Waals surface area (Å²) in [5, 5.41) is 10.3. The van der Waals surface area contributed by atoms with Crippen LogP contribution in [0.2, 0.25) is 5.02 Å². The van der Waals surface area contributed by atoms with Crippen molar-refractivity contribution in [2.24, 2.45) is 16.8 Å². The van der Waals surface area contributed by atoms with Gasteiger partial charge in [-0.1, -0.05) is 29.8 Å². The van der Waals surface area contributed by atoms with Crippen LogP contribution in [0.3, 0.4) is 0 Å². The summed E-state index contributed by atoms with van der Waals surface area (Å²) in [7, 11) is 0. The van der Waals surface area contributed by atoms with E-state index in [1.165, 1.54) is 5.69 Å². The zero-order valence-electron chi connectivity index (χ0n) is 21.7. The van der Waals surface area contributed by atoms with E-state index in [0.717, 1.165) is 67.8 Å². The lowest BCUT2D eigenvalue weighted by Crippen LogP contribution is -2.34. The number of fused-ring (bicyclic) bond motifs is 6. The van der Waals surface area contributed by atoms with Crippen LogP contribution in [-0.4, -0.2) is 35.2 Å². The molecule has 39 heavy (non-hydrogen) atoms. The van der Waals surface area contributed by atoms with Crippen molar-refractivity contribution >= 4 is 52.6 Å². The zero-order valence-corrected chi connectivity index (χ0v) is 22.5. The zero-order chi connectivity index (χ0) is 26.6. The van der Waals surface area contributed by atoms with Crippen molar-refractivity contribution in [3.63, 3.8) is 0 Å². The molecule has 3 aliphatic rings. The van der Waals surface area contributed by atoms with E-state index < -0.39 is 0 Å². The largest absolute Gasteiger partial charge is 0.372 e. The van der Waals surface area contributed by atoms with Crippen LogP contribution in [0.1, 0.15) is 37.7 Å². The van der Waals surface area contributed by atoms with Gasteiger partial charge in [-0.25, -0.2) is 4.98 Å². The first-order valence-corrected chi connectivity index (χ1v) is 14.0. The maximum atomic E-state index is 13.1. The number of allylic oxidation sites excluding steroid dienone is 1. The maximum absolute atomic E-state index is 13.1. The highest BCUT2D eigenvalue weighted by atomic mass is 35.5. The summed E-state index contributed by atoms with van der Waals surface area (Å²) in [4.78, 5) is 28.9. The van der Waals surface area contributed by atoms with Crippen LogP contribution in [0.15, 0.2) is 71.6 Å². The van der Waals surface area contributed by atoms with Gasteiger partial charge in [-0.2, -0.15) is 4.98 Å². The summed E-state index contributed by atoms with van der Waals surface area (Å²) in [5.74, 6) is 1.74. The van der Waals surface area contributed by atoms with Crippen LogP contribution in [0, 0.1) is 11.8 Å². The standard InChI is InChI=1S/C30H32ClN7O/c31-26-19-33-30-35-24-14-21(17-32-18-24)6-7-22-16-23(34-29(26)37-30)8-9-27(22)36-28(39)15-20-10-12-38(13-11-20)25-4-2-1-3-5-25/h1-5,8-9,16-21H,6-7,10-15H2,(H,36,39)(H2,33,34,35,37). The van der Waals surface area contributed by atoms with Crippen molar-refractivity contribution in [2.75, 3.05) is 33.9 Å². The summed E-state index contributed by atoms with van der Waals surface area (Å²) in [6.45, 7) is 1.96. The molecular formula is C30H32ClN7O. The van der Waals surface area contributed by atoms with Crippen molar-refractivity contribution in [1.82, 2.24) is 9.97 Å². The predicted octanol–water partition coefficient (Wildman–Crippen LogP) is 6.41. The van der Waals surface area contributed by atoms with Crippen molar-refractivity contribution in [1.29, 1.82) is 0 Å². The SMILES string of the molecule is O=C(CC1CCN(c2ccccc2)CC1)Nc1ccc2cc1CCC1C=NC=C(C1)Nc1ncc(Cl)c(n1)N2. The van der Waals surface area contributed by atoms with Gasteiger partial charge in [-0.05, 0) is 73.9 Å². The molecule has 9 heteroatoms. The number of carbonyl (C=O) groups excluding carboxylic acids is 1. The van der Waals surface area contributed by atoms with Gasteiger partial charge in [0.05, 0.1) is 6.20 Å². The molecule has 1 aromatic heterocycles. The fraction of sp³-hybridized carbons (Fsp3) is 0.333. The summed E-state index contributed by atoms with van der Waals surface area (Å²) in [5.41, 5.74) is 5.02. The first-order valence-electron chi connectivity index (χ1n) is 13.6. The molecule has 1 amide bonds. The van der Waals surface area contributed by atoms with Gasteiger partial charge in [0, 0.05) is 60.6 Å². The van der Waals surface area contributed by atoms with Crippen LogP contribution in [0.4, 0.5) is 28.8 Å². The lowest BCUT2D eigenvalue weighted by atomic mass is 9.92. The van der Waals surface area contributed by atoms with E-state index in [1.807, 2.05) is 30.6 Å². The number of benzene rings is 2. The number of nitrogens with zero attached hydrogens (tertiary/aromatic N) is 4. The average molecular weight is 542 g/mol. The molecule has 0 spiro atoms. The Kier molecular flexibility index (Phi) is 7.45. The molecule has 8 nitrogen and oxygen atoms in total. The molecule has 1 unspecified atom stereocenters. The monoisotopic (exact) mass is 541 g/mol. The predicted molar refractivity (Wildman–Crippen MR) is 158 cm³/mol. The molecular weight excluding hydrogens is 510 g/mol. The summed E-state index contributed by atoms with van der Waals surface area (Å²) >= 11 is 6.39. The number of para-hydroxylation sites is 1. The highest BCUT2D eigenvalue weighted by Gasteiger charge is 2.23. The summed E-state index contributed by atoms with van der Waals surface area (Å²) in [6, 6.07) is 16.5. The minimum absolute atomic E-state index is 0.0742. The summed E-state index contributed by atoms with van der Waals surface area (Å²) < 4.78 is 0. The Hall–Kier alpha value is -3.91. The average Bonchev–Trinajstić information content (AvgIpc) is 2.96. The Balaban J connectivity index is 1.15. The van der Waals surface area contributed by atoms with E-state index >= 15 is 0 Å². The molecule has 3 aliphatic heterocycles. The highest BCUT2D eigenvalue weighted by molar-refractivity contribution is 6.32. The Morgan fingerprint density at radius 2 is 1.92 bits per heavy atom. The molecule has 3 N–H and O–H groups in total. The highest BCUT2D eigenvalue weighted by Crippen LogP contribution is 2.31. The number of carbonyl (C=O) groups is 1. The van der Waals surface area contributed by atoms with Crippen LogP contribution >= 0.6 is 11.6 Å². The lowest BCUT2D eigenvalue weighted by molar-refractivity contribution is -0.117. The minimum Gasteiger partial charge on any atom is -0.372 e. The molecule has 0 saturated carbocycles. The first kappa shape index (κ1) is 25.4. The lowest BCUT2D eigenvalue weighted by Gasteiger charge is -2.33. The van der Waals surface area contributed by atoms with E-state index in [9.17, 15) is 4.79 Å². The molecule has 1 saturated heterocycles. The Morgan fingerprint density at radius 3 is 2.77 bits per heavy atom. The number of piperidine rings is 1. The molecule has 3 aromatic rings. The van der Waals surface area contributed by atoms with Gasteiger partial charge in [0.15, 0.2) is 5.82 Å². The Labute approximate surface area is 233 Å². The van der Waals surface area contributed by atoms with Gasteiger partial charge in [0.1, 0.15) is 5.02 Å². The van der Waals surface area contributed by atoms with Gasteiger partial charge < -0.3 is 20.9 Å². The first-order chi connectivity index (χ1) is 19.1. The molecule has 200 valence electrons. The number of hydrogen-bond donors (Lipinski definition) is 3. The quantitative estimate of drug-likeness (QED) is 0.353. The number of anilines is 5. The van der Waals surface area contributed by atoms with Crippen molar-refractivity contribution in [3.8, 4) is 0 Å². The van der Waals surface area contributed by atoms with Crippen LogP contribution < -0.4 is 20.9 Å². The van der Waals surface area contributed by atoms with Crippen LogP contribution in [0.5, 0.6) is 0 Å². The van der Waals surface area contributed by atoms with E-state index in [0.29, 0.717) is 29.1 Å². The number of nitrogens with one attached hydrogen (secondary N) is 3. The number of rotatable bonds is 4. The second-order valence-electron chi connectivity index (χ2n) is 10.5. The van der Waals surface area contributed by atoms with Crippen LogP contribution in [-0.2, 0) is 11.2 Å². The maximum Gasteiger partial charge on any atom is 0.229 e. The fourth-order valence-corrected chi connectivity index (χ4v) is 5.67. The van der Waals surface area contributed by atoms with E-state index in [1.54, 1.807) is 6.20 Å². The van der Waals surface area contributed by atoms with Gasteiger partial charge >= 0.3 is 0 Å². The summed E-state index contributed by atoms with van der Waals surface area (Å²) in [6.07, 6.45) is 10.5. The van der Waals surface area contributed by atoms with E-state index in [4.69, 9.17) is 11.6 Å². The van der Waals surface area contributed by atoms with Gasteiger partial charge in [-0.3, -0.25) is 9.79 Å².